The molecule has 1 amide bonds. The monoisotopic (exact) mass is 346 g/mol. The van der Waals surface area contributed by atoms with Crippen molar-refractivity contribution in [2.24, 2.45) is 0 Å². The first-order valence-corrected chi connectivity index (χ1v) is 9.06. The molecule has 0 radical (unpaired) electrons. The maximum absolute atomic E-state index is 12.7. The van der Waals surface area contributed by atoms with Gasteiger partial charge < -0.3 is 14.8 Å². The Morgan fingerprint density at radius 1 is 1.36 bits per heavy atom. The molecule has 5 heteroatoms. The van der Waals surface area contributed by atoms with Gasteiger partial charge in [-0.1, -0.05) is 26.7 Å². The second-order valence-electron chi connectivity index (χ2n) is 6.38. The molecule has 0 bridgehead atoms. The number of amides is 1. The average molecular weight is 346 g/mol. The van der Waals surface area contributed by atoms with Gasteiger partial charge in [0, 0.05) is 12.7 Å². The van der Waals surface area contributed by atoms with E-state index in [4.69, 9.17) is 9.47 Å². The SMILES string of the molecule is CCCCC(C)(OCC)C(=O)Nc1ccc(OC(C)CC)cc1C#N. The van der Waals surface area contributed by atoms with Crippen molar-refractivity contribution in [2.75, 3.05) is 11.9 Å². The maximum Gasteiger partial charge on any atom is 0.256 e. The van der Waals surface area contributed by atoms with E-state index in [1.165, 1.54) is 0 Å². The van der Waals surface area contributed by atoms with E-state index >= 15 is 0 Å². The number of hydrogen-bond donors (Lipinski definition) is 1. The highest BCUT2D eigenvalue weighted by molar-refractivity contribution is 5.98. The summed E-state index contributed by atoms with van der Waals surface area (Å²) in [6, 6.07) is 7.26. The Morgan fingerprint density at radius 2 is 2.08 bits per heavy atom. The second-order valence-corrected chi connectivity index (χ2v) is 6.38. The van der Waals surface area contributed by atoms with E-state index in [9.17, 15) is 10.1 Å². The van der Waals surface area contributed by atoms with Crippen LogP contribution in [-0.4, -0.2) is 24.2 Å². The van der Waals surface area contributed by atoms with Crippen LogP contribution in [0.25, 0.3) is 0 Å². The van der Waals surface area contributed by atoms with Gasteiger partial charge >= 0.3 is 0 Å². The Balaban J connectivity index is 2.96. The van der Waals surface area contributed by atoms with Gasteiger partial charge in [0.25, 0.3) is 5.91 Å². The molecule has 0 fully saturated rings. The van der Waals surface area contributed by atoms with Crippen molar-refractivity contribution in [2.45, 2.75) is 72.0 Å². The van der Waals surface area contributed by atoms with Gasteiger partial charge in [0.15, 0.2) is 0 Å². The fourth-order valence-electron chi connectivity index (χ4n) is 2.45. The number of carbonyl (C=O) groups is 1. The normalized spacial score (nSPS) is 14.2. The van der Waals surface area contributed by atoms with Crippen LogP contribution in [0.15, 0.2) is 18.2 Å². The minimum Gasteiger partial charge on any atom is -0.491 e. The zero-order chi connectivity index (χ0) is 18.9. The number of nitriles is 1. The third-order valence-electron chi connectivity index (χ3n) is 4.22. The molecule has 1 aromatic rings. The number of unbranched alkanes of at least 4 members (excludes halogenated alkanes) is 1. The Hall–Kier alpha value is -2.06. The Bertz CT molecular complexity index is 609. The molecule has 1 N–H and O–H groups in total. The summed E-state index contributed by atoms with van der Waals surface area (Å²) in [7, 11) is 0. The molecule has 0 saturated carbocycles. The van der Waals surface area contributed by atoms with Crippen molar-refractivity contribution < 1.29 is 14.3 Å². The predicted molar refractivity (Wildman–Crippen MR) is 99.7 cm³/mol. The number of anilines is 1. The van der Waals surface area contributed by atoms with Crippen LogP contribution in [0.2, 0.25) is 0 Å². The van der Waals surface area contributed by atoms with E-state index < -0.39 is 5.60 Å². The molecule has 1 aromatic carbocycles. The van der Waals surface area contributed by atoms with Gasteiger partial charge in [0.1, 0.15) is 17.4 Å². The molecule has 25 heavy (non-hydrogen) atoms. The van der Waals surface area contributed by atoms with Crippen molar-refractivity contribution in [1.82, 2.24) is 0 Å². The van der Waals surface area contributed by atoms with Crippen LogP contribution in [0.3, 0.4) is 0 Å². The first-order valence-electron chi connectivity index (χ1n) is 9.06. The molecule has 0 saturated heterocycles. The molecule has 0 spiro atoms. The first-order chi connectivity index (χ1) is 11.9. The number of carbonyl (C=O) groups excluding carboxylic acids is 1. The second kappa shape index (κ2) is 10.0. The minimum atomic E-state index is -0.899. The zero-order valence-electron chi connectivity index (χ0n) is 16.0. The van der Waals surface area contributed by atoms with E-state index in [2.05, 4.69) is 18.3 Å². The maximum atomic E-state index is 12.7. The van der Waals surface area contributed by atoms with E-state index in [0.717, 1.165) is 19.3 Å². The number of rotatable bonds is 10. The highest BCUT2D eigenvalue weighted by Crippen LogP contribution is 2.26. The van der Waals surface area contributed by atoms with Crippen molar-refractivity contribution in [1.29, 1.82) is 5.26 Å². The van der Waals surface area contributed by atoms with Crippen molar-refractivity contribution in [3.05, 3.63) is 23.8 Å². The lowest BCUT2D eigenvalue weighted by Crippen LogP contribution is -2.43. The van der Waals surface area contributed by atoms with Crippen LogP contribution in [0.1, 0.15) is 65.9 Å². The molecule has 138 valence electrons. The summed E-state index contributed by atoms with van der Waals surface area (Å²) in [6.45, 7) is 10.2. The Labute approximate surface area is 151 Å². The number of hydrogen-bond acceptors (Lipinski definition) is 4. The Kier molecular flexibility index (Phi) is 8.44. The fraction of sp³-hybridized carbons (Fsp3) is 0.600. The summed E-state index contributed by atoms with van der Waals surface area (Å²) in [5.41, 5.74) is -0.0430. The van der Waals surface area contributed by atoms with Gasteiger partial charge in [-0.25, -0.2) is 0 Å². The van der Waals surface area contributed by atoms with Crippen LogP contribution in [0.4, 0.5) is 5.69 Å². The lowest BCUT2D eigenvalue weighted by atomic mass is 9.97. The third kappa shape index (κ3) is 6.06. The Morgan fingerprint density at radius 3 is 2.64 bits per heavy atom. The quantitative estimate of drug-likeness (QED) is 0.669. The lowest BCUT2D eigenvalue weighted by molar-refractivity contribution is -0.139. The van der Waals surface area contributed by atoms with Gasteiger partial charge in [-0.05, 0) is 45.7 Å². The number of nitrogens with one attached hydrogen (secondary N) is 1. The van der Waals surface area contributed by atoms with Gasteiger partial charge in [0.2, 0.25) is 0 Å². The molecule has 0 heterocycles. The molecule has 5 nitrogen and oxygen atoms in total. The highest BCUT2D eigenvalue weighted by Gasteiger charge is 2.33. The van der Waals surface area contributed by atoms with E-state index in [-0.39, 0.29) is 12.0 Å². The number of nitrogens with zero attached hydrogens (tertiary/aromatic N) is 1. The summed E-state index contributed by atoms with van der Waals surface area (Å²) < 4.78 is 11.4. The molecule has 0 aliphatic rings. The van der Waals surface area contributed by atoms with Gasteiger partial charge in [0.05, 0.1) is 17.4 Å². The van der Waals surface area contributed by atoms with E-state index in [1.54, 1.807) is 25.1 Å². The zero-order valence-corrected chi connectivity index (χ0v) is 16.0. The molecule has 2 atom stereocenters. The summed E-state index contributed by atoms with van der Waals surface area (Å²) in [4.78, 5) is 12.7. The molecule has 0 aliphatic heterocycles. The predicted octanol–water partition coefficient (Wildman–Crippen LogP) is 4.66. The van der Waals surface area contributed by atoms with Crippen LogP contribution in [0.5, 0.6) is 5.75 Å². The van der Waals surface area contributed by atoms with Crippen LogP contribution in [0, 0.1) is 11.3 Å². The highest BCUT2D eigenvalue weighted by atomic mass is 16.5. The summed E-state index contributed by atoms with van der Waals surface area (Å²) in [5, 5.41) is 12.3. The largest absolute Gasteiger partial charge is 0.491 e. The van der Waals surface area contributed by atoms with E-state index in [1.807, 2.05) is 20.8 Å². The van der Waals surface area contributed by atoms with Crippen LogP contribution >= 0.6 is 0 Å². The topological polar surface area (TPSA) is 71.3 Å². The molecule has 2 unspecified atom stereocenters. The summed E-state index contributed by atoms with van der Waals surface area (Å²) >= 11 is 0. The molecular weight excluding hydrogens is 316 g/mol. The van der Waals surface area contributed by atoms with Crippen molar-refractivity contribution in [3.8, 4) is 11.8 Å². The minimum absolute atomic E-state index is 0.0715. The van der Waals surface area contributed by atoms with Crippen LogP contribution < -0.4 is 10.1 Å². The number of benzene rings is 1. The molecule has 0 aromatic heterocycles. The molecule has 1 rings (SSSR count). The average Bonchev–Trinajstić information content (AvgIpc) is 2.61. The summed E-state index contributed by atoms with van der Waals surface area (Å²) in [5.74, 6) is 0.400. The fourth-order valence-corrected chi connectivity index (χ4v) is 2.45. The van der Waals surface area contributed by atoms with Crippen molar-refractivity contribution in [3.63, 3.8) is 0 Å². The van der Waals surface area contributed by atoms with Gasteiger partial charge in [-0.3, -0.25) is 4.79 Å². The number of ether oxygens (including phenoxy) is 2. The molecular formula is C20H30N2O3. The smallest absolute Gasteiger partial charge is 0.256 e. The van der Waals surface area contributed by atoms with Crippen molar-refractivity contribution >= 4 is 11.6 Å². The standard InChI is InChI=1S/C20H30N2O3/c1-6-9-12-20(5,24-8-3)19(23)22-18-11-10-17(13-16(18)14-21)25-15(4)7-2/h10-11,13,15H,6-9,12H2,1-5H3,(H,22,23). The first kappa shape index (κ1) is 21.0. The van der Waals surface area contributed by atoms with E-state index in [0.29, 0.717) is 30.0 Å². The third-order valence-corrected chi connectivity index (χ3v) is 4.22. The summed E-state index contributed by atoms with van der Waals surface area (Å²) in [6.07, 6.45) is 3.48. The lowest BCUT2D eigenvalue weighted by Gasteiger charge is -2.28. The van der Waals surface area contributed by atoms with Crippen LogP contribution in [-0.2, 0) is 9.53 Å². The molecule has 0 aliphatic carbocycles. The van der Waals surface area contributed by atoms with Gasteiger partial charge in [-0.2, -0.15) is 5.26 Å². The van der Waals surface area contributed by atoms with Gasteiger partial charge in [-0.15, -0.1) is 0 Å².